The van der Waals surface area contributed by atoms with Gasteiger partial charge in [-0.25, -0.2) is 0 Å². The molecule has 2 amide bonds. The minimum atomic E-state index is -0.354. The summed E-state index contributed by atoms with van der Waals surface area (Å²) >= 11 is 0. The lowest BCUT2D eigenvalue weighted by molar-refractivity contribution is -0.118. The number of anilines is 2. The number of methoxy groups -OCH3 is 1. The van der Waals surface area contributed by atoms with Crippen LogP contribution in [0, 0.1) is 0 Å². The van der Waals surface area contributed by atoms with Crippen LogP contribution in [0.3, 0.4) is 0 Å². The van der Waals surface area contributed by atoms with Gasteiger partial charge in [-0.05, 0) is 24.3 Å². The van der Waals surface area contributed by atoms with Crippen LogP contribution in [0.4, 0.5) is 11.4 Å². The average Bonchev–Trinajstić information content (AvgIpc) is 2.61. The molecule has 126 valence electrons. The number of hydrogen-bond donors (Lipinski definition) is 3. The zero-order valence-corrected chi connectivity index (χ0v) is 13.2. The summed E-state index contributed by atoms with van der Waals surface area (Å²) in [6.45, 7) is -0.312. The van der Waals surface area contributed by atoms with E-state index in [9.17, 15) is 9.59 Å². The van der Waals surface area contributed by atoms with Crippen LogP contribution in [0.2, 0.25) is 0 Å². The van der Waals surface area contributed by atoms with E-state index in [4.69, 9.17) is 15.2 Å². The molecule has 0 unspecified atom stereocenters. The quantitative estimate of drug-likeness (QED) is 0.716. The molecule has 7 nitrogen and oxygen atoms in total. The molecule has 0 aromatic heterocycles. The minimum absolute atomic E-state index is 0.138. The van der Waals surface area contributed by atoms with Gasteiger partial charge in [0.15, 0.2) is 6.61 Å². The highest BCUT2D eigenvalue weighted by Crippen LogP contribution is 2.21. The molecule has 2 rings (SSSR count). The van der Waals surface area contributed by atoms with Crippen molar-refractivity contribution in [3.8, 4) is 11.5 Å². The molecular formula is C17H19N3O4. The van der Waals surface area contributed by atoms with E-state index < -0.39 is 0 Å². The Kier molecular flexibility index (Phi) is 6.16. The van der Waals surface area contributed by atoms with Crippen LogP contribution in [0.5, 0.6) is 11.5 Å². The first-order valence-electron chi connectivity index (χ1n) is 7.28. The number of amides is 2. The number of ether oxygens (including phenoxy) is 2. The largest absolute Gasteiger partial charge is 0.497 e. The van der Waals surface area contributed by atoms with Gasteiger partial charge in [0.25, 0.3) is 5.91 Å². The lowest BCUT2D eigenvalue weighted by Gasteiger charge is -2.12. The maximum absolute atomic E-state index is 12.0. The second-order valence-corrected chi connectivity index (χ2v) is 4.81. The van der Waals surface area contributed by atoms with Gasteiger partial charge in [-0.3, -0.25) is 9.59 Å². The standard InChI is InChI=1S/C17H19N3O4/c1-23-12-5-4-6-13(9-12)24-11-17(22)20-15-8-3-2-7-14(15)19-16(21)10-18/h2-9H,10-11,18H2,1H3,(H,19,21)(H,20,22). The van der Waals surface area contributed by atoms with Gasteiger partial charge in [0, 0.05) is 6.07 Å². The van der Waals surface area contributed by atoms with E-state index >= 15 is 0 Å². The van der Waals surface area contributed by atoms with Crippen molar-refractivity contribution < 1.29 is 19.1 Å². The summed E-state index contributed by atoms with van der Waals surface area (Å²) in [5, 5.41) is 5.31. The van der Waals surface area contributed by atoms with Gasteiger partial charge in [-0.15, -0.1) is 0 Å². The SMILES string of the molecule is COc1cccc(OCC(=O)Nc2ccccc2NC(=O)CN)c1. The zero-order chi connectivity index (χ0) is 17.4. The number of para-hydroxylation sites is 2. The van der Waals surface area contributed by atoms with Crippen molar-refractivity contribution >= 4 is 23.2 Å². The second kappa shape index (κ2) is 8.54. The number of benzene rings is 2. The smallest absolute Gasteiger partial charge is 0.262 e. The van der Waals surface area contributed by atoms with Gasteiger partial charge < -0.3 is 25.8 Å². The predicted molar refractivity (Wildman–Crippen MR) is 91.2 cm³/mol. The molecule has 2 aromatic carbocycles. The van der Waals surface area contributed by atoms with E-state index in [1.165, 1.54) is 0 Å². The van der Waals surface area contributed by atoms with Crippen molar-refractivity contribution in [1.82, 2.24) is 0 Å². The third-order valence-corrected chi connectivity index (χ3v) is 3.07. The van der Waals surface area contributed by atoms with E-state index in [0.717, 1.165) is 0 Å². The van der Waals surface area contributed by atoms with Gasteiger partial charge in [0.2, 0.25) is 5.91 Å². The van der Waals surface area contributed by atoms with Crippen molar-refractivity contribution in [2.45, 2.75) is 0 Å². The molecule has 0 spiro atoms. The van der Waals surface area contributed by atoms with Crippen molar-refractivity contribution in [1.29, 1.82) is 0 Å². The van der Waals surface area contributed by atoms with Crippen LogP contribution in [-0.4, -0.2) is 32.1 Å². The molecule has 0 aliphatic carbocycles. The number of nitrogens with one attached hydrogen (secondary N) is 2. The number of carbonyl (C=O) groups is 2. The van der Waals surface area contributed by atoms with Crippen molar-refractivity contribution in [2.75, 3.05) is 30.9 Å². The van der Waals surface area contributed by atoms with Crippen LogP contribution in [0.1, 0.15) is 0 Å². The molecule has 0 heterocycles. The highest BCUT2D eigenvalue weighted by molar-refractivity contribution is 6.00. The summed E-state index contributed by atoms with van der Waals surface area (Å²) in [5.74, 6) is 0.466. The molecule has 0 saturated carbocycles. The number of nitrogens with two attached hydrogens (primary N) is 1. The fourth-order valence-electron chi connectivity index (χ4n) is 1.93. The highest BCUT2D eigenvalue weighted by atomic mass is 16.5. The number of rotatable bonds is 7. The van der Waals surface area contributed by atoms with Gasteiger partial charge in [-0.2, -0.15) is 0 Å². The van der Waals surface area contributed by atoms with E-state index in [-0.39, 0.29) is 25.0 Å². The molecule has 0 fully saturated rings. The Hall–Kier alpha value is -3.06. The van der Waals surface area contributed by atoms with Crippen LogP contribution in [0.15, 0.2) is 48.5 Å². The summed E-state index contributed by atoms with van der Waals surface area (Å²) in [6.07, 6.45) is 0. The van der Waals surface area contributed by atoms with Crippen molar-refractivity contribution in [2.24, 2.45) is 5.73 Å². The fraction of sp³-hybridized carbons (Fsp3) is 0.176. The maximum Gasteiger partial charge on any atom is 0.262 e. The number of carbonyl (C=O) groups excluding carboxylic acids is 2. The van der Waals surface area contributed by atoms with Gasteiger partial charge in [-0.1, -0.05) is 18.2 Å². The Bertz CT molecular complexity index is 718. The predicted octanol–water partition coefficient (Wildman–Crippen LogP) is 1.61. The molecule has 0 aliphatic heterocycles. The molecule has 0 bridgehead atoms. The van der Waals surface area contributed by atoms with Gasteiger partial charge >= 0.3 is 0 Å². The Labute approximate surface area is 139 Å². The van der Waals surface area contributed by atoms with Crippen LogP contribution < -0.4 is 25.8 Å². The van der Waals surface area contributed by atoms with E-state index in [1.807, 2.05) is 0 Å². The maximum atomic E-state index is 12.0. The van der Waals surface area contributed by atoms with Gasteiger partial charge in [0.1, 0.15) is 11.5 Å². The molecule has 24 heavy (non-hydrogen) atoms. The normalized spacial score (nSPS) is 9.92. The summed E-state index contributed by atoms with van der Waals surface area (Å²) in [7, 11) is 1.55. The van der Waals surface area contributed by atoms with Crippen molar-refractivity contribution in [3.63, 3.8) is 0 Å². The topological polar surface area (TPSA) is 103 Å². The fourth-order valence-corrected chi connectivity index (χ4v) is 1.93. The Balaban J connectivity index is 1.96. The molecular weight excluding hydrogens is 310 g/mol. The van der Waals surface area contributed by atoms with E-state index in [1.54, 1.807) is 55.6 Å². The van der Waals surface area contributed by atoms with E-state index in [0.29, 0.717) is 22.9 Å². The summed E-state index contributed by atoms with van der Waals surface area (Å²) in [5.41, 5.74) is 6.22. The Morgan fingerprint density at radius 1 is 0.958 bits per heavy atom. The summed E-state index contributed by atoms with van der Waals surface area (Å²) in [6, 6.07) is 13.8. The molecule has 0 atom stereocenters. The van der Waals surface area contributed by atoms with Crippen LogP contribution in [0.25, 0.3) is 0 Å². The van der Waals surface area contributed by atoms with Crippen LogP contribution in [-0.2, 0) is 9.59 Å². The molecule has 4 N–H and O–H groups in total. The first-order chi connectivity index (χ1) is 11.6. The molecule has 0 aliphatic rings. The Morgan fingerprint density at radius 2 is 1.58 bits per heavy atom. The molecule has 0 saturated heterocycles. The highest BCUT2D eigenvalue weighted by Gasteiger charge is 2.09. The first-order valence-corrected chi connectivity index (χ1v) is 7.28. The summed E-state index contributed by atoms with van der Waals surface area (Å²) < 4.78 is 10.5. The third kappa shape index (κ3) is 4.99. The molecule has 2 aromatic rings. The minimum Gasteiger partial charge on any atom is -0.497 e. The monoisotopic (exact) mass is 329 g/mol. The lowest BCUT2D eigenvalue weighted by atomic mass is 10.2. The average molecular weight is 329 g/mol. The van der Waals surface area contributed by atoms with Crippen LogP contribution >= 0.6 is 0 Å². The second-order valence-electron chi connectivity index (χ2n) is 4.81. The third-order valence-electron chi connectivity index (χ3n) is 3.07. The van der Waals surface area contributed by atoms with Crippen molar-refractivity contribution in [3.05, 3.63) is 48.5 Å². The molecule has 0 radical (unpaired) electrons. The first kappa shape index (κ1) is 17.3. The van der Waals surface area contributed by atoms with Gasteiger partial charge in [0.05, 0.1) is 25.0 Å². The lowest BCUT2D eigenvalue weighted by Crippen LogP contribution is -2.24. The molecule has 7 heteroatoms. The number of hydrogen-bond acceptors (Lipinski definition) is 5. The Morgan fingerprint density at radius 3 is 2.21 bits per heavy atom. The zero-order valence-electron chi connectivity index (χ0n) is 13.2. The summed E-state index contributed by atoms with van der Waals surface area (Å²) in [4.78, 5) is 23.4. The van der Waals surface area contributed by atoms with E-state index in [2.05, 4.69) is 10.6 Å².